The van der Waals surface area contributed by atoms with Crippen LogP contribution in [0, 0.1) is 0 Å². The minimum absolute atomic E-state index is 0.145. The maximum atomic E-state index is 11.9. The van der Waals surface area contributed by atoms with Crippen LogP contribution in [0.2, 0.25) is 0 Å². The van der Waals surface area contributed by atoms with E-state index in [0.29, 0.717) is 18.2 Å². The second kappa shape index (κ2) is 6.41. The number of sulfone groups is 1. The Morgan fingerprint density at radius 3 is 2.55 bits per heavy atom. The summed E-state index contributed by atoms with van der Waals surface area (Å²) in [4.78, 5) is 9.16. The van der Waals surface area contributed by atoms with Crippen molar-refractivity contribution in [3.63, 3.8) is 0 Å². The van der Waals surface area contributed by atoms with E-state index in [1.807, 2.05) is 0 Å². The number of piperazine rings is 1. The maximum Gasteiger partial charge on any atom is 0.205 e. The molecule has 0 radical (unpaired) electrons. The number of aromatic nitrogens is 2. The largest absolute Gasteiger partial charge is 0.344 e. The lowest BCUT2D eigenvalue weighted by molar-refractivity contribution is 0.255. The Kier molecular flexibility index (Phi) is 4.70. The fourth-order valence-corrected chi connectivity index (χ4v) is 5.79. The second-order valence-electron chi connectivity index (χ2n) is 6.51. The van der Waals surface area contributed by atoms with E-state index in [1.54, 1.807) is 0 Å². The van der Waals surface area contributed by atoms with Crippen LogP contribution in [-0.2, 0) is 9.84 Å². The first-order chi connectivity index (χ1) is 10.5. The fraction of sp³-hybridized carbons (Fsp3) is 0.857. The van der Waals surface area contributed by atoms with Gasteiger partial charge in [-0.15, -0.1) is 0 Å². The van der Waals surface area contributed by atoms with Gasteiger partial charge in [-0.25, -0.2) is 13.4 Å². The Balaban J connectivity index is 1.54. The van der Waals surface area contributed by atoms with Crippen molar-refractivity contribution in [3.05, 3.63) is 5.82 Å². The summed E-state index contributed by atoms with van der Waals surface area (Å²) < 4.78 is 28.3. The summed E-state index contributed by atoms with van der Waals surface area (Å²) in [5.74, 6) is 1.65. The first-order valence-corrected chi connectivity index (χ1v) is 10.5. The average molecular weight is 345 g/mol. The zero-order chi connectivity index (χ0) is 15.7. The van der Waals surface area contributed by atoms with Gasteiger partial charge in [-0.05, 0) is 12.8 Å². The van der Waals surface area contributed by atoms with Crippen LogP contribution in [0.25, 0.3) is 0 Å². The van der Waals surface area contributed by atoms with Crippen molar-refractivity contribution in [3.8, 4) is 0 Å². The summed E-state index contributed by atoms with van der Waals surface area (Å²) in [5, 5.41) is 0.852. The first kappa shape index (κ1) is 16.1. The van der Waals surface area contributed by atoms with Gasteiger partial charge < -0.3 is 4.90 Å². The molecule has 0 aromatic carbocycles. The zero-order valence-electron chi connectivity index (χ0n) is 13.2. The van der Waals surface area contributed by atoms with Crippen LogP contribution >= 0.6 is 11.5 Å². The highest BCUT2D eigenvalue weighted by Crippen LogP contribution is 2.24. The van der Waals surface area contributed by atoms with Crippen LogP contribution in [0.5, 0.6) is 0 Å². The van der Waals surface area contributed by atoms with Crippen LogP contribution in [0.15, 0.2) is 0 Å². The third-order valence-electron chi connectivity index (χ3n) is 4.51. The van der Waals surface area contributed by atoms with Crippen molar-refractivity contribution in [2.24, 2.45) is 0 Å². The van der Waals surface area contributed by atoms with E-state index in [9.17, 15) is 8.42 Å². The summed E-state index contributed by atoms with van der Waals surface area (Å²) in [6.07, 6.45) is 1.66. The van der Waals surface area contributed by atoms with Gasteiger partial charge in [0.2, 0.25) is 5.13 Å². The van der Waals surface area contributed by atoms with Crippen LogP contribution in [0.1, 0.15) is 38.4 Å². The molecule has 1 atom stereocenters. The average Bonchev–Trinajstić information content (AvgIpc) is 3.08. The van der Waals surface area contributed by atoms with Crippen LogP contribution in [0.4, 0.5) is 5.13 Å². The predicted molar refractivity (Wildman–Crippen MR) is 89.5 cm³/mol. The molecule has 2 saturated heterocycles. The topological polar surface area (TPSA) is 66.4 Å². The summed E-state index contributed by atoms with van der Waals surface area (Å²) >= 11 is 1.47. The molecule has 22 heavy (non-hydrogen) atoms. The van der Waals surface area contributed by atoms with Gasteiger partial charge in [0.05, 0.1) is 11.0 Å². The number of hydrogen-bond donors (Lipinski definition) is 0. The Bertz CT molecular complexity index is 606. The minimum Gasteiger partial charge on any atom is -0.344 e. The van der Waals surface area contributed by atoms with Gasteiger partial charge >= 0.3 is 0 Å². The van der Waals surface area contributed by atoms with Gasteiger partial charge in [0.1, 0.15) is 5.82 Å². The summed E-state index contributed by atoms with van der Waals surface area (Å²) in [6.45, 7) is 8.52. The summed E-state index contributed by atoms with van der Waals surface area (Å²) in [7, 11) is -2.83. The maximum absolute atomic E-state index is 11.9. The van der Waals surface area contributed by atoms with Gasteiger partial charge in [-0.1, -0.05) is 13.8 Å². The molecule has 2 fully saturated rings. The number of anilines is 1. The molecule has 0 bridgehead atoms. The van der Waals surface area contributed by atoms with Gasteiger partial charge in [0.25, 0.3) is 0 Å². The van der Waals surface area contributed by atoms with Crippen LogP contribution in [0.3, 0.4) is 0 Å². The lowest BCUT2D eigenvalue weighted by atomic mass is 10.2. The molecule has 1 aromatic rings. The number of nitrogens with zero attached hydrogens (tertiary/aromatic N) is 4. The molecule has 0 aliphatic carbocycles. The highest BCUT2D eigenvalue weighted by Gasteiger charge is 2.33. The van der Waals surface area contributed by atoms with Gasteiger partial charge in [-0.3, -0.25) is 4.90 Å². The molecule has 2 aliphatic heterocycles. The molecule has 1 aromatic heterocycles. The molecular formula is C14H24N4O2S2. The normalized spacial score (nSPS) is 26.0. The van der Waals surface area contributed by atoms with Crippen molar-refractivity contribution in [2.45, 2.75) is 37.9 Å². The third kappa shape index (κ3) is 3.44. The Labute approximate surface area is 136 Å². The van der Waals surface area contributed by atoms with E-state index in [0.717, 1.165) is 50.0 Å². The molecule has 0 spiro atoms. The van der Waals surface area contributed by atoms with Crippen molar-refractivity contribution in [1.29, 1.82) is 0 Å². The van der Waals surface area contributed by atoms with E-state index < -0.39 is 9.84 Å². The fourth-order valence-electron chi connectivity index (χ4n) is 3.06. The second-order valence-corrected chi connectivity index (χ2v) is 9.64. The SMILES string of the molecule is CC(C)c1nsc(N2CCN(CC3CCCS3(=O)=O)CC2)n1. The lowest BCUT2D eigenvalue weighted by Crippen LogP contribution is -2.49. The van der Waals surface area contributed by atoms with Gasteiger partial charge in [-0.2, -0.15) is 4.37 Å². The first-order valence-electron chi connectivity index (χ1n) is 7.98. The molecule has 0 amide bonds. The Morgan fingerprint density at radius 1 is 1.27 bits per heavy atom. The van der Waals surface area contributed by atoms with E-state index in [-0.39, 0.29) is 5.25 Å². The zero-order valence-corrected chi connectivity index (χ0v) is 14.9. The molecular weight excluding hydrogens is 320 g/mol. The molecule has 8 heteroatoms. The molecule has 6 nitrogen and oxygen atoms in total. The highest BCUT2D eigenvalue weighted by atomic mass is 32.2. The van der Waals surface area contributed by atoms with Gasteiger partial charge in [0.15, 0.2) is 9.84 Å². The van der Waals surface area contributed by atoms with Gasteiger partial charge in [0, 0.05) is 50.2 Å². The molecule has 3 rings (SSSR count). The summed E-state index contributed by atoms with van der Waals surface area (Å²) in [5.41, 5.74) is 0. The van der Waals surface area contributed by atoms with E-state index in [2.05, 4.69) is 33.0 Å². The smallest absolute Gasteiger partial charge is 0.205 e. The monoisotopic (exact) mass is 344 g/mol. The molecule has 3 heterocycles. The lowest BCUT2D eigenvalue weighted by Gasteiger charge is -2.35. The number of hydrogen-bond acceptors (Lipinski definition) is 7. The Hall–Kier alpha value is -0.730. The molecule has 124 valence electrons. The van der Waals surface area contributed by atoms with E-state index in [1.165, 1.54) is 11.5 Å². The number of rotatable bonds is 4. The predicted octanol–water partition coefficient (Wildman–Crippen LogP) is 1.36. The molecule has 2 aliphatic rings. The van der Waals surface area contributed by atoms with Crippen LogP contribution in [-0.4, -0.2) is 66.4 Å². The summed E-state index contributed by atoms with van der Waals surface area (Å²) in [6, 6.07) is 0. The van der Waals surface area contributed by atoms with E-state index >= 15 is 0 Å². The standard InChI is InChI=1S/C14H24N4O2S2/c1-11(2)13-15-14(21-16-13)18-7-5-17(6-8-18)10-12-4-3-9-22(12,19)20/h11-12H,3-10H2,1-2H3. The molecule has 0 saturated carbocycles. The highest BCUT2D eigenvalue weighted by molar-refractivity contribution is 7.92. The van der Waals surface area contributed by atoms with Crippen molar-refractivity contribution >= 4 is 26.5 Å². The molecule has 1 unspecified atom stereocenters. The molecule has 0 N–H and O–H groups in total. The Morgan fingerprint density at radius 2 is 2.00 bits per heavy atom. The third-order valence-corrected chi connectivity index (χ3v) is 7.56. The quantitative estimate of drug-likeness (QED) is 0.822. The van der Waals surface area contributed by atoms with Crippen LogP contribution < -0.4 is 4.90 Å². The van der Waals surface area contributed by atoms with Crippen molar-refractivity contribution in [1.82, 2.24) is 14.3 Å². The minimum atomic E-state index is -2.83. The van der Waals surface area contributed by atoms with Crippen molar-refractivity contribution < 1.29 is 8.42 Å². The van der Waals surface area contributed by atoms with E-state index in [4.69, 9.17) is 0 Å². The van der Waals surface area contributed by atoms with Crippen molar-refractivity contribution in [2.75, 3.05) is 43.4 Å².